The maximum atomic E-state index is 11.2. The molecule has 72 valence electrons. The summed E-state index contributed by atoms with van der Waals surface area (Å²) in [4.78, 5) is 14.8. The van der Waals surface area contributed by atoms with Crippen molar-refractivity contribution in [2.75, 3.05) is 7.05 Å². The molecule has 0 fully saturated rings. The van der Waals surface area contributed by atoms with Gasteiger partial charge in [0.15, 0.2) is 0 Å². The van der Waals surface area contributed by atoms with Crippen LogP contribution < -0.4 is 0 Å². The normalized spacial score (nSPS) is 9.00. The number of rotatable bonds is 3. The van der Waals surface area contributed by atoms with Gasteiger partial charge in [0, 0.05) is 6.42 Å². The van der Waals surface area contributed by atoms with Crippen LogP contribution in [0.4, 0.5) is 0 Å². The Labute approximate surface area is 83.2 Å². The molecule has 1 aromatic carbocycles. The first-order chi connectivity index (χ1) is 6.72. The fourth-order valence-electron chi connectivity index (χ4n) is 1.07. The molecule has 0 atom stereocenters. The number of carbonyl (C=O) groups excluding carboxylic acids is 1. The van der Waals surface area contributed by atoms with Gasteiger partial charge in [-0.05, 0) is 12.5 Å². The van der Waals surface area contributed by atoms with Gasteiger partial charge in [-0.1, -0.05) is 29.8 Å². The molecule has 0 bridgehead atoms. The first-order valence-electron chi connectivity index (χ1n) is 4.43. The highest BCUT2D eigenvalue weighted by molar-refractivity contribution is 6.25. The monoisotopic (exact) mass is 189 g/mol. The lowest BCUT2D eigenvalue weighted by Crippen LogP contribution is -2.04. The predicted molar refractivity (Wildman–Crippen MR) is 54.6 cm³/mol. The number of aryl methyl sites for hydroxylation is 1. The third kappa shape index (κ3) is 3.33. The van der Waals surface area contributed by atoms with Crippen LogP contribution in [0.1, 0.15) is 11.1 Å². The summed E-state index contributed by atoms with van der Waals surface area (Å²) in [6.07, 6.45) is 1.64. The molecule has 1 aromatic rings. The Bertz CT molecular complexity index is 373. The van der Waals surface area contributed by atoms with Crippen molar-refractivity contribution in [2.45, 2.75) is 13.3 Å². The van der Waals surface area contributed by atoms with Crippen LogP contribution in [-0.4, -0.2) is 23.8 Å². The smallest absolute Gasteiger partial charge is 0.286 e. The van der Waals surface area contributed by atoms with Crippen molar-refractivity contribution in [3.63, 3.8) is 0 Å². The molecule has 0 saturated heterocycles. The molecule has 0 aliphatic rings. The second-order valence-electron chi connectivity index (χ2n) is 3.07. The van der Waals surface area contributed by atoms with Crippen LogP contribution >= 0.6 is 0 Å². The van der Waals surface area contributed by atoms with Gasteiger partial charge in [-0.3, -0.25) is 4.79 Å². The number of hydrogen-bond donors (Lipinski definition) is 0. The van der Waals surface area contributed by atoms with E-state index in [2.05, 4.69) is 9.90 Å². The van der Waals surface area contributed by atoms with Crippen molar-refractivity contribution in [3.05, 3.63) is 35.4 Å². The number of benzene rings is 1. The summed E-state index contributed by atoms with van der Waals surface area (Å²) in [6.45, 7) is 2.02. The summed E-state index contributed by atoms with van der Waals surface area (Å²) < 4.78 is 0. The topological polar surface area (TPSA) is 43.5 Å². The highest BCUT2D eigenvalue weighted by Gasteiger charge is 2.05. The summed E-state index contributed by atoms with van der Waals surface area (Å²) >= 11 is 0. The Hall–Kier alpha value is -1.73. The summed E-state index contributed by atoms with van der Waals surface area (Å²) in [6, 6.07) is 7.88. The van der Waals surface area contributed by atoms with Crippen molar-refractivity contribution >= 4 is 12.0 Å². The molecule has 0 aliphatic heterocycles. The van der Waals surface area contributed by atoms with Crippen molar-refractivity contribution in [1.29, 1.82) is 0 Å². The van der Waals surface area contributed by atoms with Crippen LogP contribution in [0.3, 0.4) is 0 Å². The van der Waals surface area contributed by atoms with E-state index in [9.17, 15) is 4.79 Å². The van der Waals surface area contributed by atoms with E-state index in [4.69, 9.17) is 0 Å². The Morgan fingerprint density at radius 3 is 2.64 bits per heavy atom. The summed E-state index contributed by atoms with van der Waals surface area (Å²) in [5.74, 6) is -0.0283. The van der Waals surface area contributed by atoms with Crippen LogP contribution in [-0.2, 0) is 11.2 Å². The Balaban J connectivity index is 2.65. The van der Waals surface area contributed by atoms with Gasteiger partial charge in [-0.25, -0.2) is 0 Å². The molecule has 0 heterocycles. The summed E-state index contributed by atoms with van der Waals surface area (Å²) in [5.41, 5.74) is 2.20. The molecular weight excluding hydrogens is 176 g/mol. The third-order valence-corrected chi connectivity index (χ3v) is 1.82. The van der Waals surface area contributed by atoms with Crippen molar-refractivity contribution in [1.82, 2.24) is 0 Å². The van der Waals surface area contributed by atoms with Crippen LogP contribution in [0.15, 0.2) is 29.4 Å². The van der Waals surface area contributed by atoms with E-state index in [-0.39, 0.29) is 5.78 Å². The van der Waals surface area contributed by atoms with Gasteiger partial charge in [0.05, 0.1) is 9.90 Å². The van der Waals surface area contributed by atoms with Gasteiger partial charge < -0.3 is 0 Å². The zero-order valence-electron chi connectivity index (χ0n) is 8.40. The molecule has 0 spiro atoms. The lowest BCUT2D eigenvalue weighted by molar-refractivity contribution is -0.120. The van der Waals surface area contributed by atoms with Crippen molar-refractivity contribution in [2.24, 2.45) is 5.11 Å². The van der Waals surface area contributed by atoms with E-state index in [0.29, 0.717) is 6.42 Å². The molecule has 1 rings (SSSR count). The Morgan fingerprint density at radius 1 is 1.43 bits per heavy atom. The van der Waals surface area contributed by atoms with E-state index in [1.165, 1.54) is 18.8 Å². The second-order valence-corrected chi connectivity index (χ2v) is 3.07. The van der Waals surface area contributed by atoms with E-state index in [1.54, 1.807) is 0 Å². The van der Waals surface area contributed by atoms with E-state index in [1.807, 2.05) is 31.2 Å². The highest BCUT2D eigenvalue weighted by atomic mass is 16.1. The first kappa shape index (κ1) is 10.4. The maximum absolute atomic E-state index is 11.2. The highest BCUT2D eigenvalue weighted by Crippen LogP contribution is 2.03. The Kier molecular flexibility index (Phi) is 3.77. The van der Waals surface area contributed by atoms with Crippen molar-refractivity contribution < 1.29 is 9.58 Å². The molecule has 0 N–H and O–H groups in total. The second kappa shape index (κ2) is 5.10. The number of Topliss-reactive ketones (excluding diaryl/α,β-unsaturated/α-hetero) is 1. The Morgan fingerprint density at radius 2 is 2.07 bits per heavy atom. The average Bonchev–Trinajstić information content (AvgIpc) is 2.18. The van der Waals surface area contributed by atoms with E-state index < -0.39 is 0 Å². The molecule has 0 aromatic heterocycles. The van der Waals surface area contributed by atoms with E-state index >= 15 is 0 Å². The van der Waals surface area contributed by atoms with Crippen molar-refractivity contribution in [3.8, 4) is 0 Å². The van der Waals surface area contributed by atoms with Crippen LogP contribution in [0.2, 0.25) is 0 Å². The molecule has 0 amide bonds. The zero-order valence-corrected chi connectivity index (χ0v) is 8.40. The van der Waals surface area contributed by atoms with Gasteiger partial charge in [0.25, 0.3) is 0 Å². The molecular formula is C11H13N2O+. The van der Waals surface area contributed by atoms with Crippen LogP contribution in [0.25, 0.3) is 0 Å². The molecule has 0 unspecified atom stereocenters. The van der Waals surface area contributed by atoms with Crippen LogP contribution in [0.5, 0.6) is 0 Å². The lowest BCUT2D eigenvalue weighted by Gasteiger charge is -1.95. The quantitative estimate of drug-likeness (QED) is 0.403. The summed E-state index contributed by atoms with van der Waals surface area (Å²) in [5, 5.41) is 3.48. The fraction of sp³-hybridized carbons (Fsp3) is 0.273. The molecule has 0 saturated carbocycles. The van der Waals surface area contributed by atoms with Gasteiger partial charge >= 0.3 is 6.21 Å². The molecule has 0 aliphatic carbocycles. The van der Waals surface area contributed by atoms with Crippen LogP contribution in [0, 0.1) is 6.92 Å². The minimum Gasteiger partial charge on any atom is -0.286 e. The molecule has 0 radical (unpaired) electrons. The number of hydrogen-bond acceptors (Lipinski definition) is 2. The zero-order chi connectivity index (χ0) is 10.4. The third-order valence-electron chi connectivity index (χ3n) is 1.82. The number of nitrogens with zero attached hydrogens (tertiary/aromatic N) is 2. The van der Waals surface area contributed by atoms with Gasteiger partial charge in [-0.2, -0.15) is 0 Å². The first-order valence-corrected chi connectivity index (χ1v) is 4.43. The molecule has 14 heavy (non-hydrogen) atoms. The predicted octanol–water partition coefficient (Wildman–Crippen LogP) is 1.47. The van der Waals surface area contributed by atoms with E-state index in [0.717, 1.165) is 5.56 Å². The minimum atomic E-state index is -0.0283. The summed E-state index contributed by atoms with van der Waals surface area (Å²) in [7, 11) is 1.54. The van der Waals surface area contributed by atoms with Gasteiger partial charge in [-0.15, -0.1) is 0 Å². The van der Waals surface area contributed by atoms with Gasteiger partial charge in [0.2, 0.25) is 5.78 Å². The SMILES string of the molecule is CN=[N+]=CC(=O)Cc1ccc(C)cc1. The molecule has 3 nitrogen and oxygen atoms in total. The van der Waals surface area contributed by atoms with Gasteiger partial charge in [0.1, 0.15) is 7.05 Å². The lowest BCUT2D eigenvalue weighted by atomic mass is 10.1. The average molecular weight is 189 g/mol. The fourth-order valence-corrected chi connectivity index (χ4v) is 1.07. The number of carbonyl (C=O) groups is 1. The maximum Gasteiger partial charge on any atom is 0.373 e. The number of ketones is 1. The largest absolute Gasteiger partial charge is 0.373 e. The minimum absolute atomic E-state index is 0.0283. The molecule has 3 heteroatoms. The standard InChI is InChI=1S/C11H13N2O/c1-9-3-5-10(6-4-9)7-11(14)8-13-12-2/h3-6,8H,7H2,1-2H3/q+1.